The Bertz CT molecular complexity index is 736. The molecule has 0 aliphatic heterocycles. The molecule has 3 N–H and O–H groups in total. The zero-order chi connectivity index (χ0) is 18.4. The first-order chi connectivity index (χ1) is 12.6. The number of halogens is 1. The van der Waals surface area contributed by atoms with E-state index in [2.05, 4.69) is 5.32 Å². The lowest BCUT2D eigenvalue weighted by Crippen LogP contribution is -2.19. The number of benzene rings is 2. The summed E-state index contributed by atoms with van der Waals surface area (Å²) < 4.78 is 14.1. The SMILES string of the molecule is NC(=O)c1ccc(-c2ccc(F)c(CNCCC3CCCCC3)c2)cc1. The predicted molar refractivity (Wildman–Crippen MR) is 103 cm³/mol. The molecule has 0 unspecified atom stereocenters. The molecule has 2 aromatic rings. The van der Waals surface area contributed by atoms with E-state index in [9.17, 15) is 9.18 Å². The Balaban J connectivity index is 1.59. The summed E-state index contributed by atoms with van der Waals surface area (Å²) in [7, 11) is 0. The van der Waals surface area contributed by atoms with Gasteiger partial charge >= 0.3 is 0 Å². The lowest BCUT2D eigenvalue weighted by molar-refractivity contribution is 0.100. The van der Waals surface area contributed by atoms with Crippen molar-refractivity contribution in [2.45, 2.75) is 45.1 Å². The highest BCUT2D eigenvalue weighted by Gasteiger charge is 2.13. The van der Waals surface area contributed by atoms with Crippen LogP contribution in [0, 0.1) is 11.7 Å². The molecule has 0 bridgehead atoms. The molecule has 1 amide bonds. The maximum absolute atomic E-state index is 14.1. The van der Waals surface area contributed by atoms with Crippen LogP contribution in [0.3, 0.4) is 0 Å². The van der Waals surface area contributed by atoms with Crippen LogP contribution in [0.1, 0.15) is 54.4 Å². The van der Waals surface area contributed by atoms with Crippen molar-refractivity contribution < 1.29 is 9.18 Å². The molecule has 1 aliphatic carbocycles. The number of carbonyl (C=O) groups excluding carboxylic acids is 1. The summed E-state index contributed by atoms with van der Waals surface area (Å²) in [6.07, 6.45) is 7.95. The van der Waals surface area contributed by atoms with E-state index >= 15 is 0 Å². The topological polar surface area (TPSA) is 55.1 Å². The first-order valence-corrected chi connectivity index (χ1v) is 9.53. The number of rotatable bonds is 7. The van der Waals surface area contributed by atoms with Crippen LogP contribution >= 0.6 is 0 Å². The smallest absolute Gasteiger partial charge is 0.248 e. The number of primary amides is 1. The zero-order valence-corrected chi connectivity index (χ0v) is 15.1. The van der Waals surface area contributed by atoms with Gasteiger partial charge in [0.05, 0.1) is 0 Å². The van der Waals surface area contributed by atoms with E-state index in [-0.39, 0.29) is 5.82 Å². The maximum Gasteiger partial charge on any atom is 0.248 e. The van der Waals surface area contributed by atoms with E-state index in [1.807, 2.05) is 18.2 Å². The largest absolute Gasteiger partial charge is 0.366 e. The van der Waals surface area contributed by atoms with E-state index in [1.165, 1.54) is 44.6 Å². The number of nitrogens with two attached hydrogens (primary N) is 1. The molecule has 3 rings (SSSR count). The normalized spacial score (nSPS) is 15.1. The lowest BCUT2D eigenvalue weighted by atomic mass is 9.87. The second-order valence-electron chi connectivity index (χ2n) is 7.22. The minimum Gasteiger partial charge on any atom is -0.366 e. The van der Waals surface area contributed by atoms with Crippen molar-refractivity contribution in [1.29, 1.82) is 0 Å². The first kappa shape index (κ1) is 18.6. The molecule has 0 saturated heterocycles. The average Bonchev–Trinajstić information content (AvgIpc) is 2.67. The van der Waals surface area contributed by atoms with Crippen molar-refractivity contribution in [3.05, 3.63) is 59.4 Å². The van der Waals surface area contributed by atoms with Gasteiger partial charge in [-0.3, -0.25) is 4.79 Å². The molecule has 0 aromatic heterocycles. The molecular weight excluding hydrogens is 327 g/mol. The van der Waals surface area contributed by atoms with Gasteiger partial charge in [-0.2, -0.15) is 0 Å². The summed E-state index contributed by atoms with van der Waals surface area (Å²) in [4.78, 5) is 11.2. The van der Waals surface area contributed by atoms with E-state index in [0.29, 0.717) is 17.7 Å². The lowest BCUT2D eigenvalue weighted by Gasteiger charge is -2.21. The minimum atomic E-state index is -0.446. The fourth-order valence-electron chi connectivity index (χ4n) is 3.72. The van der Waals surface area contributed by atoms with E-state index in [1.54, 1.807) is 18.2 Å². The molecule has 3 nitrogen and oxygen atoms in total. The van der Waals surface area contributed by atoms with Crippen LogP contribution in [0.15, 0.2) is 42.5 Å². The second kappa shape index (κ2) is 8.95. The molecule has 2 aromatic carbocycles. The highest BCUT2D eigenvalue weighted by atomic mass is 19.1. The summed E-state index contributed by atoms with van der Waals surface area (Å²) in [5, 5.41) is 3.39. The summed E-state index contributed by atoms with van der Waals surface area (Å²) in [6, 6.07) is 12.2. The number of nitrogens with one attached hydrogen (secondary N) is 1. The van der Waals surface area contributed by atoms with Gasteiger partial charge in [0.1, 0.15) is 5.82 Å². The van der Waals surface area contributed by atoms with Gasteiger partial charge in [-0.15, -0.1) is 0 Å². The van der Waals surface area contributed by atoms with Gasteiger partial charge in [0.15, 0.2) is 0 Å². The van der Waals surface area contributed by atoms with Crippen LogP contribution in [0.25, 0.3) is 11.1 Å². The van der Waals surface area contributed by atoms with Crippen LogP contribution in [0.2, 0.25) is 0 Å². The van der Waals surface area contributed by atoms with Gasteiger partial charge in [0.25, 0.3) is 0 Å². The van der Waals surface area contributed by atoms with E-state index in [0.717, 1.165) is 23.6 Å². The van der Waals surface area contributed by atoms with Gasteiger partial charge in [-0.25, -0.2) is 4.39 Å². The Morgan fingerprint density at radius 3 is 2.42 bits per heavy atom. The van der Waals surface area contributed by atoms with Crippen LogP contribution in [0.5, 0.6) is 0 Å². The van der Waals surface area contributed by atoms with E-state index in [4.69, 9.17) is 5.73 Å². The van der Waals surface area contributed by atoms with Crippen molar-refractivity contribution in [3.63, 3.8) is 0 Å². The van der Waals surface area contributed by atoms with Crippen LogP contribution in [-0.2, 0) is 6.54 Å². The molecule has 0 atom stereocenters. The minimum absolute atomic E-state index is 0.187. The molecular formula is C22H27FN2O. The van der Waals surface area contributed by atoms with Crippen molar-refractivity contribution in [3.8, 4) is 11.1 Å². The fourth-order valence-corrected chi connectivity index (χ4v) is 3.72. The molecule has 1 aliphatic rings. The maximum atomic E-state index is 14.1. The highest BCUT2D eigenvalue weighted by molar-refractivity contribution is 5.93. The molecule has 0 heterocycles. The van der Waals surface area contributed by atoms with Gasteiger partial charge in [-0.1, -0.05) is 50.3 Å². The number of carbonyl (C=O) groups is 1. The average molecular weight is 354 g/mol. The quantitative estimate of drug-likeness (QED) is 0.711. The Labute approximate surface area is 154 Å². The standard InChI is InChI=1S/C22H27FN2O/c23-21-11-10-19(17-6-8-18(9-7-17)22(24)26)14-20(21)15-25-13-12-16-4-2-1-3-5-16/h6-11,14,16,25H,1-5,12-13,15H2,(H2,24,26). The van der Waals surface area contributed by atoms with Gasteiger partial charge in [0, 0.05) is 17.7 Å². The zero-order valence-electron chi connectivity index (χ0n) is 15.1. The number of amides is 1. The molecule has 138 valence electrons. The van der Waals surface area contributed by atoms with Crippen molar-refractivity contribution in [2.75, 3.05) is 6.54 Å². The molecule has 4 heteroatoms. The van der Waals surface area contributed by atoms with Gasteiger partial charge < -0.3 is 11.1 Å². The summed E-state index contributed by atoms with van der Waals surface area (Å²) in [6.45, 7) is 1.47. The third-order valence-electron chi connectivity index (χ3n) is 5.32. The molecule has 26 heavy (non-hydrogen) atoms. The number of hydrogen-bond acceptors (Lipinski definition) is 2. The Morgan fingerprint density at radius 2 is 1.73 bits per heavy atom. The highest BCUT2D eigenvalue weighted by Crippen LogP contribution is 2.26. The second-order valence-corrected chi connectivity index (χ2v) is 7.22. The Hall–Kier alpha value is -2.20. The fraction of sp³-hybridized carbons (Fsp3) is 0.409. The monoisotopic (exact) mass is 354 g/mol. The van der Waals surface area contributed by atoms with E-state index < -0.39 is 5.91 Å². The van der Waals surface area contributed by atoms with Gasteiger partial charge in [-0.05, 0) is 54.3 Å². The summed E-state index contributed by atoms with van der Waals surface area (Å²) in [5.41, 5.74) is 8.30. The van der Waals surface area contributed by atoms with Crippen LogP contribution in [0.4, 0.5) is 4.39 Å². The molecule has 0 radical (unpaired) electrons. The van der Waals surface area contributed by atoms with Gasteiger partial charge in [0.2, 0.25) is 5.91 Å². The molecule has 1 fully saturated rings. The van der Waals surface area contributed by atoms with Crippen molar-refractivity contribution >= 4 is 5.91 Å². The number of hydrogen-bond donors (Lipinski definition) is 2. The third-order valence-corrected chi connectivity index (χ3v) is 5.32. The Kier molecular flexibility index (Phi) is 6.40. The Morgan fingerprint density at radius 1 is 1.04 bits per heavy atom. The predicted octanol–water partition coefficient (Wildman–Crippen LogP) is 4.65. The molecule has 0 spiro atoms. The third kappa shape index (κ3) is 4.92. The van der Waals surface area contributed by atoms with Crippen molar-refractivity contribution in [1.82, 2.24) is 5.32 Å². The van der Waals surface area contributed by atoms with Crippen LogP contribution in [-0.4, -0.2) is 12.5 Å². The van der Waals surface area contributed by atoms with Crippen molar-refractivity contribution in [2.24, 2.45) is 11.7 Å². The summed E-state index contributed by atoms with van der Waals surface area (Å²) >= 11 is 0. The summed E-state index contributed by atoms with van der Waals surface area (Å²) in [5.74, 6) is 0.197. The van der Waals surface area contributed by atoms with Crippen LogP contribution < -0.4 is 11.1 Å². The molecule has 1 saturated carbocycles. The first-order valence-electron chi connectivity index (χ1n) is 9.53.